The van der Waals surface area contributed by atoms with E-state index in [1.807, 2.05) is 30.3 Å². The Morgan fingerprint density at radius 1 is 1.21 bits per heavy atom. The summed E-state index contributed by atoms with van der Waals surface area (Å²) in [5.41, 5.74) is 1.97. The fourth-order valence-corrected chi connectivity index (χ4v) is 2.41. The predicted octanol–water partition coefficient (Wildman–Crippen LogP) is 3.91. The van der Waals surface area contributed by atoms with Crippen LogP contribution in [-0.2, 0) is 6.54 Å². The standard InChI is InChI=1S/C18H13ClN4O/c19-16-4-2-1-3-14(16)11-23-12-22-17(9-20)18(23)21-10-13-5-7-15(24)8-6-13/h1-8,10,12,24H,11H2/b21-10+. The highest BCUT2D eigenvalue weighted by molar-refractivity contribution is 6.31. The number of hydrogen-bond acceptors (Lipinski definition) is 4. The number of imidazole rings is 1. The number of phenolic OH excluding ortho intramolecular Hbond substituents is 1. The van der Waals surface area contributed by atoms with Crippen molar-refractivity contribution in [3.05, 3.63) is 76.7 Å². The van der Waals surface area contributed by atoms with Gasteiger partial charge in [-0.15, -0.1) is 0 Å². The van der Waals surface area contributed by atoms with Crippen LogP contribution in [0.15, 0.2) is 59.9 Å². The van der Waals surface area contributed by atoms with Gasteiger partial charge in [-0.2, -0.15) is 5.26 Å². The van der Waals surface area contributed by atoms with Crippen molar-refractivity contribution in [1.29, 1.82) is 5.26 Å². The molecule has 0 radical (unpaired) electrons. The molecule has 24 heavy (non-hydrogen) atoms. The molecular formula is C18H13ClN4O. The summed E-state index contributed by atoms with van der Waals surface area (Å²) >= 11 is 6.19. The first-order valence-electron chi connectivity index (χ1n) is 7.19. The summed E-state index contributed by atoms with van der Waals surface area (Å²) in [5, 5.41) is 19.2. The first-order chi connectivity index (χ1) is 11.7. The Labute approximate surface area is 144 Å². The predicted molar refractivity (Wildman–Crippen MR) is 92.9 cm³/mol. The van der Waals surface area contributed by atoms with Crippen molar-refractivity contribution in [3.8, 4) is 11.8 Å². The van der Waals surface area contributed by atoms with E-state index in [2.05, 4.69) is 9.98 Å². The van der Waals surface area contributed by atoms with Crippen molar-refractivity contribution in [3.63, 3.8) is 0 Å². The van der Waals surface area contributed by atoms with Crippen molar-refractivity contribution < 1.29 is 5.11 Å². The molecule has 1 heterocycles. The van der Waals surface area contributed by atoms with Crippen LogP contribution in [0.3, 0.4) is 0 Å². The van der Waals surface area contributed by atoms with E-state index in [0.717, 1.165) is 11.1 Å². The van der Waals surface area contributed by atoms with Gasteiger partial charge in [0.2, 0.25) is 0 Å². The summed E-state index contributed by atoms with van der Waals surface area (Å²) in [7, 11) is 0. The number of benzene rings is 2. The zero-order chi connectivity index (χ0) is 16.9. The summed E-state index contributed by atoms with van der Waals surface area (Å²) < 4.78 is 1.77. The minimum absolute atomic E-state index is 0.189. The van der Waals surface area contributed by atoms with Crippen molar-refractivity contribution in [2.75, 3.05) is 0 Å². The third-order valence-corrected chi connectivity index (χ3v) is 3.81. The van der Waals surface area contributed by atoms with Gasteiger partial charge in [0, 0.05) is 11.2 Å². The number of nitrogens with zero attached hydrogens (tertiary/aromatic N) is 4. The lowest BCUT2D eigenvalue weighted by atomic mass is 10.2. The summed E-state index contributed by atoms with van der Waals surface area (Å²) in [6.07, 6.45) is 3.20. The molecule has 0 unspecified atom stereocenters. The Morgan fingerprint density at radius 2 is 1.96 bits per heavy atom. The van der Waals surface area contributed by atoms with Gasteiger partial charge < -0.3 is 9.67 Å². The molecule has 2 aromatic carbocycles. The minimum Gasteiger partial charge on any atom is -0.508 e. The minimum atomic E-state index is 0.189. The number of aromatic nitrogens is 2. The van der Waals surface area contributed by atoms with Gasteiger partial charge in [0.25, 0.3) is 0 Å². The Kier molecular flexibility index (Phi) is 4.59. The number of aliphatic imine (C=N–C) groups is 1. The van der Waals surface area contributed by atoms with E-state index in [9.17, 15) is 10.4 Å². The van der Waals surface area contributed by atoms with E-state index in [-0.39, 0.29) is 11.4 Å². The largest absolute Gasteiger partial charge is 0.508 e. The van der Waals surface area contributed by atoms with E-state index < -0.39 is 0 Å². The van der Waals surface area contributed by atoms with Crippen molar-refractivity contribution >= 4 is 23.6 Å². The van der Waals surface area contributed by atoms with Gasteiger partial charge in [-0.05, 0) is 41.5 Å². The molecule has 0 fully saturated rings. The molecule has 0 spiro atoms. The SMILES string of the molecule is N#Cc1ncn(Cc2ccccc2Cl)c1/N=C/c1ccc(O)cc1. The Balaban J connectivity index is 1.92. The maximum absolute atomic E-state index is 9.31. The van der Waals surface area contributed by atoms with Gasteiger partial charge >= 0.3 is 0 Å². The van der Waals surface area contributed by atoms with Crippen LogP contribution >= 0.6 is 11.6 Å². The van der Waals surface area contributed by atoms with Gasteiger partial charge in [0.05, 0.1) is 12.9 Å². The van der Waals surface area contributed by atoms with Crippen LogP contribution in [0, 0.1) is 11.3 Å². The molecule has 0 saturated carbocycles. The fraction of sp³-hybridized carbons (Fsp3) is 0.0556. The average Bonchev–Trinajstić information content (AvgIpc) is 2.98. The van der Waals surface area contributed by atoms with Gasteiger partial charge in [0.1, 0.15) is 11.8 Å². The zero-order valence-corrected chi connectivity index (χ0v) is 13.4. The number of hydrogen-bond donors (Lipinski definition) is 1. The number of phenols is 1. The van der Waals surface area contributed by atoms with Crippen LogP contribution in [0.4, 0.5) is 5.82 Å². The first kappa shape index (κ1) is 15.8. The molecule has 3 rings (SSSR count). The number of nitriles is 1. The second-order valence-electron chi connectivity index (χ2n) is 5.10. The third-order valence-electron chi connectivity index (χ3n) is 3.44. The second kappa shape index (κ2) is 6.99. The van der Waals surface area contributed by atoms with E-state index >= 15 is 0 Å². The molecule has 0 saturated heterocycles. The number of aromatic hydroxyl groups is 1. The third kappa shape index (κ3) is 3.45. The molecule has 1 aromatic heterocycles. The van der Waals surface area contributed by atoms with Gasteiger partial charge in [-0.3, -0.25) is 0 Å². The Morgan fingerprint density at radius 3 is 2.67 bits per heavy atom. The normalized spacial score (nSPS) is 10.8. The highest BCUT2D eigenvalue weighted by Gasteiger charge is 2.11. The van der Waals surface area contributed by atoms with Gasteiger partial charge in [0.15, 0.2) is 11.5 Å². The van der Waals surface area contributed by atoms with Crippen molar-refractivity contribution in [2.45, 2.75) is 6.54 Å². The van der Waals surface area contributed by atoms with Crippen LogP contribution in [0.25, 0.3) is 0 Å². The van der Waals surface area contributed by atoms with Crippen LogP contribution in [-0.4, -0.2) is 20.9 Å². The number of rotatable bonds is 4. The van der Waals surface area contributed by atoms with Crippen LogP contribution < -0.4 is 0 Å². The summed E-state index contributed by atoms with van der Waals surface area (Å²) in [4.78, 5) is 8.48. The van der Waals surface area contributed by atoms with E-state index in [1.165, 1.54) is 0 Å². The molecule has 5 nitrogen and oxygen atoms in total. The monoisotopic (exact) mass is 336 g/mol. The molecule has 0 amide bonds. The lowest BCUT2D eigenvalue weighted by Gasteiger charge is -2.07. The summed E-state index contributed by atoms with van der Waals surface area (Å²) in [6, 6.07) is 16.2. The van der Waals surface area contributed by atoms with Crippen molar-refractivity contribution in [1.82, 2.24) is 9.55 Å². The smallest absolute Gasteiger partial charge is 0.185 e. The van der Waals surface area contributed by atoms with Crippen LogP contribution in [0.1, 0.15) is 16.8 Å². The van der Waals surface area contributed by atoms with Gasteiger partial charge in [-0.25, -0.2) is 9.98 Å². The molecule has 3 aromatic rings. The topological polar surface area (TPSA) is 74.2 Å². The van der Waals surface area contributed by atoms with E-state index in [4.69, 9.17) is 11.6 Å². The highest BCUT2D eigenvalue weighted by Crippen LogP contribution is 2.22. The van der Waals surface area contributed by atoms with Crippen LogP contribution in [0.5, 0.6) is 5.75 Å². The lowest BCUT2D eigenvalue weighted by Crippen LogP contribution is -1.98. The molecule has 118 valence electrons. The second-order valence-corrected chi connectivity index (χ2v) is 5.50. The first-order valence-corrected chi connectivity index (χ1v) is 7.57. The Hall–Kier alpha value is -3.10. The molecule has 0 aliphatic rings. The average molecular weight is 337 g/mol. The maximum Gasteiger partial charge on any atom is 0.185 e. The Bertz CT molecular complexity index is 923. The molecule has 1 N–H and O–H groups in total. The van der Waals surface area contributed by atoms with Crippen molar-refractivity contribution in [2.24, 2.45) is 4.99 Å². The van der Waals surface area contributed by atoms with Gasteiger partial charge in [-0.1, -0.05) is 29.8 Å². The zero-order valence-electron chi connectivity index (χ0n) is 12.6. The maximum atomic E-state index is 9.31. The summed E-state index contributed by atoms with van der Waals surface area (Å²) in [5.74, 6) is 0.652. The van der Waals surface area contributed by atoms with E-state index in [0.29, 0.717) is 17.4 Å². The quantitative estimate of drug-likeness (QED) is 0.734. The molecule has 0 aliphatic carbocycles. The summed E-state index contributed by atoms with van der Waals surface area (Å²) in [6.45, 7) is 0.469. The molecule has 0 aliphatic heterocycles. The molecular weight excluding hydrogens is 324 g/mol. The fourth-order valence-electron chi connectivity index (χ4n) is 2.21. The lowest BCUT2D eigenvalue weighted by molar-refractivity contribution is 0.475. The molecule has 6 heteroatoms. The highest BCUT2D eigenvalue weighted by atomic mass is 35.5. The van der Waals surface area contributed by atoms with Crippen LogP contribution in [0.2, 0.25) is 5.02 Å². The molecule has 0 bridgehead atoms. The number of halogens is 1. The molecule has 0 atom stereocenters. The van der Waals surface area contributed by atoms with E-state index in [1.54, 1.807) is 41.4 Å².